The lowest BCUT2D eigenvalue weighted by Gasteiger charge is -2.41. The number of piperidine rings is 1. The molecule has 0 bridgehead atoms. The molecule has 0 saturated carbocycles. The summed E-state index contributed by atoms with van der Waals surface area (Å²) in [5, 5.41) is 21.8. The zero-order chi connectivity index (χ0) is 28.0. The van der Waals surface area contributed by atoms with Crippen LogP contribution in [0.2, 0.25) is 0 Å². The number of aromatic nitrogens is 2. The quantitative estimate of drug-likeness (QED) is 0.279. The van der Waals surface area contributed by atoms with Crippen molar-refractivity contribution in [3.63, 3.8) is 0 Å². The first-order valence-corrected chi connectivity index (χ1v) is 13.0. The summed E-state index contributed by atoms with van der Waals surface area (Å²) in [5.41, 5.74) is 6.84. The molecule has 208 valence electrons. The smallest absolute Gasteiger partial charge is 0.370 e. The van der Waals surface area contributed by atoms with E-state index in [0.29, 0.717) is 57.0 Å². The summed E-state index contributed by atoms with van der Waals surface area (Å²) in [6.07, 6.45) is -1.23. The van der Waals surface area contributed by atoms with Crippen molar-refractivity contribution in [2.45, 2.75) is 44.3 Å². The van der Waals surface area contributed by atoms with E-state index in [9.17, 15) is 18.0 Å². The zero-order valence-electron chi connectivity index (χ0n) is 21.5. The van der Waals surface area contributed by atoms with E-state index >= 15 is 0 Å². The van der Waals surface area contributed by atoms with Crippen LogP contribution in [0.15, 0.2) is 30.3 Å². The molecule has 0 unspecified atom stereocenters. The molecular weight excluding hydrogens is 511 g/mol. The van der Waals surface area contributed by atoms with Crippen molar-refractivity contribution in [2.24, 2.45) is 11.7 Å². The Hall–Kier alpha value is -4.08. The van der Waals surface area contributed by atoms with Crippen molar-refractivity contribution in [2.75, 3.05) is 42.5 Å². The first-order chi connectivity index (χ1) is 18.6. The fraction of sp³-hybridized carbons (Fsp3) is 0.500. The Balaban J connectivity index is 1.38. The van der Waals surface area contributed by atoms with E-state index in [4.69, 9.17) is 16.4 Å². The number of halogens is 3. The Labute approximate surface area is 224 Å². The number of rotatable bonds is 9. The number of nitrogens with one attached hydrogen (secondary N) is 3. The number of amides is 1. The molecule has 39 heavy (non-hydrogen) atoms. The van der Waals surface area contributed by atoms with Crippen molar-refractivity contribution >= 4 is 23.5 Å². The van der Waals surface area contributed by atoms with Gasteiger partial charge >= 0.3 is 6.18 Å². The van der Waals surface area contributed by atoms with E-state index in [1.54, 1.807) is 23.1 Å². The maximum atomic E-state index is 13.7. The van der Waals surface area contributed by atoms with Crippen LogP contribution in [0.5, 0.6) is 0 Å². The molecule has 13 heteroatoms. The van der Waals surface area contributed by atoms with Gasteiger partial charge in [0.05, 0.1) is 11.6 Å². The molecule has 10 nitrogen and oxygen atoms in total. The second-order valence-corrected chi connectivity index (χ2v) is 9.81. The van der Waals surface area contributed by atoms with Gasteiger partial charge in [-0.1, -0.05) is 12.1 Å². The van der Waals surface area contributed by atoms with Crippen LogP contribution in [0, 0.1) is 22.7 Å². The lowest BCUT2D eigenvalue weighted by Crippen LogP contribution is -2.57. The van der Waals surface area contributed by atoms with Gasteiger partial charge in [-0.2, -0.15) is 18.4 Å². The Morgan fingerprint density at radius 2 is 1.77 bits per heavy atom. The van der Waals surface area contributed by atoms with Gasteiger partial charge < -0.3 is 26.2 Å². The number of nitriles is 1. The number of hydrogen-bond donors (Lipinski definition) is 4. The number of carbonyl (C=O) groups is 1. The fourth-order valence-corrected chi connectivity index (χ4v) is 4.85. The largest absolute Gasteiger partial charge is 0.451 e. The number of benzene rings is 1. The number of nitrogens with two attached hydrogens (primary N) is 1. The Bertz CT molecular complexity index is 1200. The highest BCUT2D eigenvalue weighted by Gasteiger charge is 2.40. The van der Waals surface area contributed by atoms with Crippen LogP contribution in [0.4, 0.5) is 24.8 Å². The van der Waals surface area contributed by atoms with Gasteiger partial charge in [0.1, 0.15) is 17.7 Å². The minimum Gasteiger partial charge on any atom is -0.370 e. The zero-order valence-corrected chi connectivity index (χ0v) is 21.5. The SMILES string of the molecule is N#Cc1ccc(CCNC(=O)[C@@H]2CCN2c2cc(N3CCC(CCNC(=N)N)CC3)nc(C(F)(F)F)n2)cc1. The van der Waals surface area contributed by atoms with Gasteiger partial charge in [-0.25, -0.2) is 9.97 Å². The van der Waals surface area contributed by atoms with Gasteiger partial charge in [-0.15, -0.1) is 0 Å². The van der Waals surface area contributed by atoms with Crippen molar-refractivity contribution in [3.8, 4) is 6.07 Å². The third-order valence-corrected chi connectivity index (χ3v) is 7.17. The predicted octanol–water partition coefficient (Wildman–Crippen LogP) is 2.39. The lowest BCUT2D eigenvalue weighted by atomic mass is 9.93. The number of carbonyl (C=O) groups excluding carboxylic acids is 1. The van der Waals surface area contributed by atoms with Crippen LogP contribution in [0.25, 0.3) is 0 Å². The van der Waals surface area contributed by atoms with Gasteiger partial charge in [0, 0.05) is 38.8 Å². The molecule has 2 saturated heterocycles. The first-order valence-electron chi connectivity index (χ1n) is 13.0. The average Bonchev–Trinajstić information content (AvgIpc) is 2.88. The van der Waals surface area contributed by atoms with E-state index < -0.39 is 18.0 Å². The molecule has 1 amide bonds. The highest BCUT2D eigenvalue weighted by atomic mass is 19.4. The lowest BCUT2D eigenvalue weighted by molar-refractivity contribution is -0.144. The van der Waals surface area contributed by atoms with Crippen molar-refractivity contribution in [1.29, 1.82) is 10.7 Å². The topological polar surface area (TPSA) is 147 Å². The summed E-state index contributed by atoms with van der Waals surface area (Å²) in [6.45, 7) is 2.48. The van der Waals surface area contributed by atoms with Crippen LogP contribution >= 0.6 is 0 Å². The Kier molecular flexibility index (Phi) is 8.73. The van der Waals surface area contributed by atoms with Crippen LogP contribution in [-0.4, -0.2) is 60.6 Å². The predicted molar refractivity (Wildman–Crippen MR) is 140 cm³/mol. The second kappa shape index (κ2) is 12.2. The highest BCUT2D eigenvalue weighted by molar-refractivity contribution is 5.86. The van der Waals surface area contributed by atoms with Gasteiger partial charge in [-0.05, 0) is 55.7 Å². The highest BCUT2D eigenvalue weighted by Crippen LogP contribution is 2.34. The first kappa shape index (κ1) is 27.9. The normalized spacial score (nSPS) is 17.7. The van der Waals surface area contributed by atoms with E-state index in [-0.39, 0.29) is 23.5 Å². The van der Waals surface area contributed by atoms with Crippen LogP contribution in [-0.2, 0) is 17.4 Å². The summed E-state index contributed by atoms with van der Waals surface area (Å²) >= 11 is 0. The third kappa shape index (κ3) is 7.28. The van der Waals surface area contributed by atoms with Gasteiger partial charge in [-0.3, -0.25) is 10.2 Å². The molecule has 1 atom stereocenters. The Morgan fingerprint density at radius 3 is 2.36 bits per heavy atom. The summed E-state index contributed by atoms with van der Waals surface area (Å²) in [6, 6.07) is 10.1. The van der Waals surface area contributed by atoms with E-state index in [1.165, 1.54) is 0 Å². The second-order valence-electron chi connectivity index (χ2n) is 9.81. The molecule has 2 aliphatic heterocycles. The number of hydrogen-bond acceptors (Lipinski definition) is 7. The molecule has 3 heterocycles. The van der Waals surface area contributed by atoms with E-state index in [0.717, 1.165) is 24.8 Å². The third-order valence-electron chi connectivity index (χ3n) is 7.17. The maximum absolute atomic E-state index is 13.7. The summed E-state index contributed by atoms with van der Waals surface area (Å²) in [4.78, 5) is 23.9. The molecule has 0 aliphatic carbocycles. The molecule has 2 aromatic rings. The maximum Gasteiger partial charge on any atom is 0.451 e. The summed E-state index contributed by atoms with van der Waals surface area (Å²) in [5.74, 6) is -0.870. The standard InChI is InChI=1S/C26H32F3N9O/c27-26(28,29)24-35-21(37-12-7-18(8-13-37)6-11-34-25(31)32)15-22(36-24)38-14-9-20(38)23(39)33-10-5-17-1-3-19(16-30)4-2-17/h1-4,15,18,20H,5-14H2,(H,33,39)(H4,31,32,34)/t20-/m0/s1. The van der Waals surface area contributed by atoms with Crippen molar-refractivity contribution in [3.05, 3.63) is 47.3 Å². The molecule has 1 aromatic heterocycles. The monoisotopic (exact) mass is 543 g/mol. The molecule has 4 rings (SSSR count). The minimum absolute atomic E-state index is 0.0788. The van der Waals surface area contributed by atoms with Crippen molar-refractivity contribution < 1.29 is 18.0 Å². The molecule has 1 aromatic carbocycles. The van der Waals surface area contributed by atoms with Gasteiger partial charge in [0.2, 0.25) is 11.7 Å². The molecule has 0 spiro atoms. The summed E-state index contributed by atoms with van der Waals surface area (Å²) < 4.78 is 41.1. The minimum atomic E-state index is -4.72. The van der Waals surface area contributed by atoms with Gasteiger partial charge in [0.25, 0.3) is 0 Å². The van der Waals surface area contributed by atoms with Crippen LogP contribution in [0.1, 0.15) is 42.6 Å². The Morgan fingerprint density at radius 1 is 1.08 bits per heavy atom. The van der Waals surface area contributed by atoms with E-state index in [1.807, 2.05) is 17.0 Å². The summed E-state index contributed by atoms with van der Waals surface area (Å²) in [7, 11) is 0. The van der Waals surface area contributed by atoms with E-state index in [2.05, 4.69) is 26.7 Å². The van der Waals surface area contributed by atoms with Gasteiger partial charge in [0.15, 0.2) is 5.96 Å². The number of nitrogens with zero attached hydrogens (tertiary/aromatic N) is 5. The molecular formula is C26H32F3N9O. The molecule has 2 aliphatic rings. The average molecular weight is 544 g/mol. The molecule has 0 radical (unpaired) electrons. The van der Waals surface area contributed by atoms with Crippen LogP contribution in [0.3, 0.4) is 0 Å². The molecule has 2 fully saturated rings. The molecule has 5 N–H and O–H groups in total. The van der Waals surface area contributed by atoms with Crippen LogP contribution < -0.4 is 26.2 Å². The van der Waals surface area contributed by atoms with Crippen molar-refractivity contribution in [1.82, 2.24) is 20.6 Å². The fourth-order valence-electron chi connectivity index (χ4n) is 4.85. The number of anilines is 2. The number of alkyl halides is 3. The number of guanidine groups is 1.